The number of aromatic nitrogens is 2. The predicted molar refractivity (Wildman–Crippen MR) is 118 cm³/mol. The second-order valence-corrected chi connectivity index (χ2v) is 8.21. The first-order valence-corrected chi connectivity index (χ1v) is 10.6. The first kappa shape index (κ1) is 19.9. The number of benzene rings is 1. The highest BCUT2D eigenvalue weighted by Crippen LogP contribution is 2.31. The second-order valence-electron chi connectivity index (χ2n) is 7.88. The molecule has 0 saturated heterocycles. The highest BCUT2D eigenvalue weighted by molar-refractivity contribution is 6.28. The molecule has 4 rings (SSSR count). The van der Waals surface area contributed by atoms with E-state index in [1.54, 1.807) is 0 Å². The van der Waals surface area contributed by atoms with Gasteiger partial charge in [-0.15, -0.1) is 0 Å². The van der Waals surface area contributed by atoms with Gasteiger partial charge in [0, 0.05) is 25.1 Å². The molecule has 1 fully saturated rings. The fourth-order valence-corrected chi connectivity index (χ4v) is 4.46. The minimum Gasteiger partial charge on any atom is -0.310 e. The molecule has 6 heteroatoms. The number of nitrogens with one attached hydrogen (secondary N) is 1. The van der Waals surface area contributed by atoms with E-state index in [0.717, 1.165) is 42.6 Å². The summed E-state index contributed by atoms with van der Waals surface area (Å²) in [5.74, 6) is 0. The van der Waals surface area contributed by atoms with Gasteiger partial charge in [0.05, 0.1) is 11.4 Å². The summed E-state index contributed by atoms with van der Waals surface area (Å²) in [5, 5.41) is 7.23. The molecule has 1 N–H and O–H groups in total. The standard InChI is InChI=1S/C23H25ClN4O/c24-22-26-20-11-7-10-18(17-8-3-1-4-9-17)14-21(27-22)19(20)15-25-16-23(28-29)12-5-2-6-13-23/h1,3-4,7-11,25H,2,5-6,12-16H2/b11-7-,18-10+. The zero-order chi connectivity index (χ0) is 20.1. The van der Waals surface area contributed by atoms with Crippen molar-refractivity contribution in [3.8, 4) is 0 Å². The van der Waals surface area contributed by atoms with Gasteiger partial charge in [0.1, 0.15) is 5.54 Å². The first-order valence-electron chi connectivity index (χ1n) is 10.2. The van der Waals surface area contributed by atoms with E-state index in [4.69, 9.17) is 11.6 Å². The van der Waals surface area contributed by atoms with Crippen molar-refractivity contribution in [2.45, 2.75) is 50.6 Å². The van der Waals surface area contributed by atoms with Crippen LogP contribution in [0.4, 0.5) is 0 Å². The Balaban J connectivity index is 1.56. The number of allylic oxidation sites excluding steroid dienone is 3. The van der Waals surface area contributed by atoms with E-state index in [2.05, 4.69) is 38.7 Å². The monoisotopic (exact) mass is 408 g/mol. The van der Waals surface area contributed by atoms with E-state index in [1.807, 2.05) is 30.4 Å². The van der Waals surface area contributed by atoms with E-state index in [0.29, 0.717) is 19.5 Å². The average Bonchev–Trinajstić information content (AvgIpc) is 2.75. The topological polar surface area (TPSA) is 67.2 Å². The van der Waals surface area contributed by atoms with Crippen LogP contribution in [0.25, 0.3) is 11.6 Å². The normalized spacial score (nSPS) is 20.8. The lowest BCUT2D eigenvalue weighted by atomic mass is 9.82. The summed E-state index contributed by atoms with van der Waals surface area (Å²) in [5.41, 5.74) is 4.65. The Hall–Kier alpha value is -2.37. The number of nitrogens with zero attached hydrogens (tertiary/aromatic N) is 3. The van der Waals surface area contributed by atoms with E-state index in [1.165, 1.54) is 17.6 Å². The number of halogens is 1. The molecule has 2 aliphatic carbocycles. The minimum atomic E-state index is -0.478. The highest BCUT2D eigenvalue weighted by atomic mass is 35.5. The Morgan fingerprint density at radius 3 is 2.66 bits per heavy atom. The summed E-state index contributed by atoms with van der Waals surface area (Å²) in [6.45, 7) is 1.18. The van der Waals surface area contributed by atoms with Gasteiger partial charge in [-0.3, -0.25) is 0 Å². The molecule has 0 unspecified atom stereocenters. The van der Waals surface area contributed by atoms with Crippen LogP contribution in [0.2, 0.25) is 5.28 Å². The third-order valence-corrected chi connectivity index (χ3v) is 6.05. The summed E-state index contributed by atoms with van der Waals surface area (Å²) in [6.07, 6.45) is 11.8. The van der Waals surface area contributed by atoms with Crippen LogP contribution in [0.15, 0.2) is 47.7 Å². The summed E-state index contributed by atoms with van der Waals surface area (Å²) in [7, 11) is 0. The van der Waals surface area contributed by atoms with Crippen molar-refractivity contribution in [1.82, 2.24) is 15.3 Å². The third kappa shape index (κ3) is 4.62. The molecule has 150 valence electrons. The molecule has 1 aromatic carbocycles. The zero-order valence-corrected chi connectivity index (χ0v) is 17.2. The number of fused-ring (bicyclic) bond motifs is 2. The van der Waals surface area contributed by atoms with Crippen LogP contribution in [-0.2, 0) is 13.0 Å². The van der Waals surface area contributed by atoms with Gasteiger partial charge in [-0.2, -0.15) is 4.91 Å². The Morgan fingerprint density at radius 1 is 1.10 bits per heavy atom. The summed E-state index contributed by atoms with van der Waals surface area (Å²) in [4.78, 5) is 20.5. The number of hydrogen-bond donors (Lipinski definition) is 1. The molecule has 1 aromatic heterocycles. The van der Waals surface area contributed by atoms with Crippen LogP contribution < -0.4 is 5.32 Å². The average molecular weight is 409 g/mol. The third-order valence-electron chi connectivity index (χ3n) is 5.89. The van der Waals surface area contributed by atoms with Crippen molar-refractivity contribution in [3.63, 3.8) is 0 Å². The molecule has 0 radical (unpaired) electrons. The van der Waals surface area contributed by atoms with Crippen LogP contribution >= 0.6 is 11.6 Å². The largest absolute Gasteiger partial charge is 0.310 e. The molecule has 1 saturated carbocycles. The predicted octanol–water partition coefficient (Wildman–Crippen LogP) is 5.34. The Labute approximate surface area is 176 Å². The van der Waals surface area contributed by atoms with Crippen molar-refractivity contribution >= 4 is 23.3 Å². The molecular weight excluding hydrogens is 384 g/mol. The maximum Gasteiger partial charge on any atom is 0.223 e. The smallest absolute Gasteiger partial charge is 0.223 e. The summed E-state index contributed by atoms with van der Waals surface area (Å²) in [6, 6.07) is 10.3. The maximum atomic E-state index is 11.5. The quantitative estimate of drug-likeness (QED) is 0.517. The number of hydrogen-bond acceptors (Lipinski definition) is 5. The summed E-state index contributed by atoms with van der Waals surface area (Å²) >= 11 is 6.20. The van der Waals surface area contributed by atoms with Gasteiger partial charge in [-0.25, -0.2) is 9.97 Å². The van der Waals surface area contributed by atoms with Gasteiger partial charge in [0.25, 0.3) is 0 Å². The molecule has 2 aliphatic rings. The molecule has 1 heterocycles. The van der Waals surface area contributed by atoms with Gasteiger partial charge in [-0.1, -0.05) is 66.9 Å². The van der Waals surface area contributed by atoms with Gasteiger partial charge in [-0.05, 0) is 41.7 Å². The molecule has 0 atom stereocenters. The molecule has 0 spiro atoms. The second kappa shape index (κ2) is 8.97. The van der Waals surface area contributed by atoms with E-state index >= 15 is 0 Å². The van der Waals surface area contributed by atoms with Gasteiger partial charge >= 0.3 is 0 Å². The molecule has 0 amide bonds. The fourth-order valence-electron chi connectivity index (χ4n) is 4.27. The van der Waals surface area contributed by atoms with Crippen LogP contribution in [-0.4, -0.2) is 22.1 Å². The highest BCUT2D eigenvalue weighted by Gasteiger charge is 2.33. The van der Waals surface area contributed by atoms with Crippen LogP contribution in [0.5, 0.6) is 0 Å². The Kier molecular flexibility index (Phi) is 6.16. The van der Waals surface area contributed by atoms with Gasteiger partial charge in [0.2, 0.25) is 5.28 Å². The zero-order valence-electron chi connectivity index (χ0n) is 16.4. The van der Waals surface area contributed by atoms with Crippen molar-refractivity contribution in [3.05, 3.63) is 75.2 Å². The van der Waals surface area contributed by atoms with Crippen molar-refractivity contribution in [1.29, 1.82) is 0 Å². The molecule has 2 bridgehead atoms. The lowest BCUT2D eigenvalue weighted by Crippen LogP contribution is -2.40. The van der Waals surface area contributed by atoms with Crippen molar-refractivity contribution in [2.24, 2.45) is 5.18 Å². The molecule has 0 aliphatic heterocycles. The lowest BCUT2D eigenvalue weighted by Gasteiger charge is -2.30. The molecule has 5 nitrogen and oxygen atoms in total. The van der Waals surface area contributed by atoms with E-state index < -0.39 is 5.54 Å². The van der Waals surface area contributed by atoms with Crippen molar-refractivity contribution in [2.75, 3.05) is 6.54 Å². The van der Waals surface area contributed by atoms with Crippen LogP contribution in [0.3, 0.4) is 0 Å². The first-order chi connectivity index (χ1) is 14.2. The van der Waals surface area contributed by atoms with E-state index in [-0.39, 0.29) is 5.28 Å². The molecule has 29 heavy (non-hydrogen) atoms. The summed E-state index contributed by atoms with van der Waals surface area (Å²) < 4.78 is 0. The van der Waals surface area contributed by atoms with Crippen molar-refractivity contribution < 1.29 is 0 Å². The SMILES string of the molecule is O=NC1(CNCc2c3nc(Cl)nc2C/C(c2ccccc2)=C\C=C/3)CCCCC1. The number of rotatable bonds is 6. The Morgan fingerprint density at radius 2 is 1.90 bits per heavy atom. The van der Waals surface area contributed by atoms with E-state index in [9.17, 15) is 4.91 Å². The fraction of sp³-hybridized carbons (Fsp3) is 0.391. The van der Waals surface area contributed by atoms with Gasteiger partial charge in [0.15, 0.2) is 0 Å². The minimum absolute atomic E-state index is 0.260. The maximum absolute atomic E-state index is 11.5. The molecule has 2 aromatic rings. The molecular formula is C23H25ClN4O. The number of nitroso groups, excluding NO2 is 1. The lowest BCUT2D eigenvalue weighted by molar-refractivity contribution is 0.283. The van der Waals surface area contributed by atoms with Gasteiger partial charge < -0.3 is 5.32 Å². The Bertz CT molecular complexity index is 933. The van der Waals surface area contributed by atoms with Crippen LogP contribution in [0, 0.1) is 4.91 Å². The van der Waals surface area contributed by atoms with Crippen LogP contribution in [0.1, 0.15) is 54.6 Å².